The number of methoxy groups -OCH3 is 2. The van der Waals surface area contributed by atoms with Crippen LogP contribution in [0.4, 0.5) is 0 Å². The van der Waals surface area contributed by atoms with Gasteiger partial charge in [0.15, 0.2) is 0 Å². The Labute approximate surface area is 169 Å². The van der Waals surface area contributed by atoms with E-state index in [2.05, 4.69) is 5.32 Å². The van der Waals surface area contributed by atoms with Crippen LogP contribution in [0.1, 0.15) is 25.3 Å². The SMILES string of the molecule is COC(=O)C1=C(C)NC(C)=C(C(=O)OC)C1c1ccc(Oc2ccccc2)cc1. The molecule has 2 aromatic carbocycles. The van der Waals surface area contributed by atoms with Gasteiger partial charge in [-0.1, -0.05) is 30.3 Å². The molecule has 1 aliphatic heterocycles. The zero-order valence-corrected chi connectivity index (χ0v) is 16.8. The molecule has 1 N–H and O–H groups in total. The largest absolute Gasteiger partial charge is 0.466 e. The van der Waals surface area contributed by atoms with Crippen molar-refractivity contribution in [3.63, 3.8) is 0 Å². The van der Waals surface area contributed by atoms with E-state index < -0.39 is 17.9 Å². The molecule has 0 aliphatic carbocycles. The van der Waals surface area contributed by atoms with Crippen molar-refractivity contribution in [2.24, 2.45) is 0 Å². The highest BCUT2D eigenvalue weighted by molar-refractivity contribution is 5.99. The molecule has 0 saturated heterocycles. The third-order valence-electron chi connectivity index (χ3n) is 4.76. The summed E-state index contributed by atoms with van der Waals surface area (Å²) >= 11 is 0. The van der Waals surface area contributed by atoms with Crippen molar-refractivity contribution in [2.75, 3.05) is 14.2 Å². The number of hydrogen-bond acceptors (Lipinski definition) is 6. The number of ether oxygens (including phenoxy) is 3. The molecule has 0 fully saturated rings. The number of nitrogens with one attached hydrogen (secondary N) is 1. The van der Waals surface area contributed by atoms with E-state index in [1.807, 2.05) is 42.5 Å². The molecule has 0 unspecified atom stereocenters. The summed E-state index contributed by atoms with van der Waals surface area (Å²) in [6.45, 7) is 3.56. The first-order valence-corrected chi connectivity index (χ1v) is 9.14. The Morgan fingerprint density at radius 3 is 1.72 bits per heavy atom. The predicted molar refractivity (Wildman–Crippen MR) is 108 cm³/mol. The number of esters is 2. The van der Waals surface area contributed by atoms with Crippen molar-refractivity contribution < 1.29 is 23.8 Å². The van der Waals surface area contributed by atoms with Crippen LogP contribution in [0.15, 0.2) is 77.1 Å². The van der Waals surface area contributed by atoms with Gasteiger partial charge in [-0.3, -0.25) is 0 Å². The summed E-state index contributed by atoms with van der Waals surface area (Å²) < 4.78 is 15.8. The summed E-state index contributed by atoms with van der Waals surface area (Å²) in [5, 5.41) is 3.09. The number of benzene rings is 2. The van der Waals surface area contributed by atoms with E-state index in [4.69, 9.17) is 14.2 Å². The molecule has 0 spiro atoms. The summed E-state index contributed by atoms with van der Waals surface area (Å²) in [5.41, 5.74) is 2.77. The number of rotatable bonds is 5. The molecule has 0 amide bonds. The lowest BCUT2D eigenvalue weighted by atomic mass is 9.80. The maximum absolute atomic E-state index is 12.5. The lowest BCUT2D eigenvalue weighted by Gasteiger charge is -2.30. The van der Waals surface area contributed by atoms with Crippen LogP contribution in [0.5, 0.6) is 11.5 Å². The lowest BCUT2D eigenvalue weighted by molar-refractivity contribution is -0.137. The van der Waals surface area contributed by atoms with Crippen molar-refractivity contribution in [1.82, 2.24) is 5.32 Å². The third-order valence-corrected chi connectivity index (χ3v) is 4.76. The average Bonchev–Trinajstić information content (AvgIpc) is 2.73. The summed E-state index contributed by atoms with van der Waals surface area (Å²) in [5.74, 6) is -0.243. The zero-order chi connectivity index (χ0) is 21.0. The van der Waals surface area contributed by atoms with Crippen LogP contribution in [0.3, 0.4) is 0 Å². The van der Waals surface area contributed by atoms with E-state index in [0.29, 0.717) is 28.3 Å². The molecule has 0 atom stereocenters. The summed E-state index contributed by atoms with van der Waals surface area (Å²) in [6.07, 6.45) is 0. The predicted octanol–water partition coefficient (Wildman–Crippen LogP) is 4.06. The van der Waals surface area contributed by atoms with Crippen LogP contribution in [-0.2, 0) is 19.1 Å². The van der Waals surface area contributed by atoms with Crippen LogP contribution in [0.25, 0.3) is 0 Å². The van der Waals surface area contributed by atoms with Gasteiger partial charge >= 0.3 is 11.9 Å². The van der Waals surface area contributed by atoms with Crippen LogP contribution in [0, 0.1) is 0 Å². The third kappa shape index (κ3) is 4.16. The molecule has 6 nitrogen and oxygen atoms in total. The summed E-state index contributed by atoms with van der Waals surface area (Å²) in [7, 11) is 2.64. The number of para-hydroxylation sites is 1. The van der Waals surface area contributed by atoms with Gasteiger partial charge in [0.25, 0.3) is 0 Å². The van der Waals surface area contributed by atoms with Crippen LogP contribution < -0.4 is 10.1 Å². The summed E-state index contributed by atoms with van der Waals surface area (Å²) in [6, 6.07) is 16.7. The molecule has 150 valence electrons. The first kappa shape index (κ1) is 20.2. The molecule has 0 aromatic heterocycles. The normalized spacial score (nSPS) is 14.3. The fourth-order valence-corrected chi connectivity index (χ4v) is 3.44. The number of carbonyl (C=O) groups is 2. The minimum atomic E-state index is -0.609. The van der Waals surface area contributed by atoms with Gasteiger partial charge < -0.3 is 19.5 Å². The van der Waals surface area contributed by atoms with Crippen molar-refractivity contribution in [2.45, 2.75) is 19.8 Å². The highest BCUT2D eigenvalue weighted by Crippen LogP contribution is 2.39. The van der Waals surface area contributed by atoms with Crippen molar-refractivity contribution >= 4 is 11.9 Å². The Balaban J connectivity index is 2.01. The topological polar surface area (TPSA) is 73.9 Å². The molecular weight excluding hydrogens is 370 g/mol. The maximum Gasteiger partial charge on any atom is 0.336 e. The van der Waals surface area contributed by atoms with Gasteiger partial charge in [0.1, 0.15) is 11.5 Å². The monoisotopic (exact) mass is 393 g/mol. The second kappa shape index (κ2) is 8.65. The van der Waals surface area contributed by atoms with E-state index in [-0.39, 0.29) is 0 Å². The minimum Gasteiger partial charge on any atom is -0.466 e. The molecule has 0 saturated carbocycles. The molecule has 1 heterocycles. The Bertz CT molecular complexity index is 936. The van der Waals surface area contributed by atoms with Crippen LogP contribution in [-0.4, -0.2) is 26.2 Å². The minimum absolute atomic E-state index is 0.371. The van der Waals surface area contributed by atoms with E-state index in [9.17, 15) is 9.59 Å². The maximum atomic E-state index is 12.5. The molecule has 2 aromatic rings. The van der Waals surface area contributed by atoms with Crippen LogP contribution >= 0.6 is 0 Å². The fourth-order valence-electron chi connectivity index (χ4n) is 3.44. The first-order chi connectivity index (χ1) is 14.0. The van der Waals surface area contributed by atoms with Crippen molar-refractivity contribution in [3.05, 3.63) is 82.7 Å². The van der Waals surface area contributed by atoms with Gasteiger partial charge in [-0.15, -0.1) is 0 Å². The van der Waals surface area contributed by atoms with Gasteiger partial charge in [-0.2, -0.15) is 0 Å². The standard InChI is InChI=1S/C23H23NO5/c1-14-19(22(25)27-3)21(20(15(2)24-14)23(26)28-4)16-10-12-18(13-11-16)29-17-8-6-5-7-9-17/h5-13,21,24H,1-4H3. The van der Waals surface area contributed by atoms with E-state index in [1.165, 1.54) is 14.2 Å². The highest BCUT2D eigenvalue weighted by atomic mass is 16.5. The number of carbonyl (C=O) groups excluding carboxylic acids is 2. The summed E-state index contributed by atoms with van der Waals surface area (Å²) in [4.78, 5) is 25.0. The Morgan fingerprint density at radius 2 is 1.24 bits per heavy atom. The van der Waals surface area contributed by atoms with Gasteiger partial charge in [-0.05, 0) is 43.7 Å². The van der Waals surface area contributed by atoms with E-state index in [0.717, 1.165) is 11.3 Å². The molecule has 0 bridgehead atoms. The Kier molecular flexibility index (Phi) is 6.02. The number of dihydropyridines is 1. The van der Waals surface area contributed by atoms with Gasteiger partial charge in [-0.25, -0.2) is 9.59 Å². The smallest absolute Gasteiger partial charge is 0.336 e. The molecule has 1 aliphatic rings. The van der Waals surface area contributed by atoms with Crippen LogP contribution in [0.2, 0.25) is 0 Å². The molecule has 3 rings (SSSR count). The molecule has 0 radical (unpaired) electrons. The van der Waals surface area contributed by atoms with Gasteiger partial charge in [0, 0.05) is 11.4 Å². The zero-order valence-electron chi connectivity index (χ0n) is 16.8. The number of hydrogen-bond donors (Lipinski definition) is 1. The second-order valence-electron chi connectivity index (χ2n) is 6.60. The van der Waals surface area contributed by atoms with Crippen molar-refractivity contribution in [3.8, 4) is 11.5 Å². The second-order valence-corrected chi connectivity index (χ2v) is 6.60. The highest BCUT2D eigenvalue weighted by Gasteiger charge is 2.37. The Hall–Kier alpha value is -3.54. The van der Waals surface area contributed by atoms with Crippen molar-refractivity contribution in [1.29, 1.82) is 0 Å². The first-order valence-electron chi connectivity index (χ1n) is 9.14. The Morgan fingerprint density at radius 1 is 0.759 bits per heavy atom. The van der Waals surface area contributed by atoms with E-state index >= 15 is 0 Å². The number of allylic oxidation sites excluding steroid dienone is 2. The molecule has 29 heavy (non-hydrogen) atoms. The fraction of sp³-hybridized carbons (Fsp3) is 0.217. The average molecular weight is 393 g/mol. The van der Waals surface area contributed by atoms with Gasteiger partial charge in [0.2, 0.25) is 0 Å². The van der Waals surface area contributed by atoms with Gasteiger partial charge in [0.05, 0.1) is 31.3 Å². The molecular formula is C23H23NO5. The quantitative estimate of drug-likeness (QED) is 0.773. The molecule has 6 heteroatoms. The lowest BCUT2D eigenvalue weighted by Crippen LogP contribution is -2.32. The van der Waals surface area contributed by atoms with E-state index in [1.54, 1.807) is 26.0 Å².